The van der Waals surface area contributed by atoms with Crippen molar-refractivity contribution in [2.45, 2.75) is 45.3 Å². The van der Waals surface area contributed by atoms with Crippen molar-refractivity contribution in [1.29, 1.82) is 0 Å². The number of hydrogen-bond acceptors (Lipinski definition) is 7. The topological polar surface area (TPSA) is 100 Å². The number of nitrogens with zero attached hydrogens (tertiary/aromatic N) is 2. The summed E-state index contributed by atoms with van der Waals surface area (Å²) < 4.78 is 5.34. The van der Waals surface area contributed by atoms with Gasteiger partial charge in [0, 0.05) is 32.6 Å². The quantitative estimate of drug-likeness (QED) is 0.540. The van der Waals surface area contributed by atoms with Crippen LogP contribution < -0.4 is 10.6 Å². The third-order valence-electron chi connectivity index (χ3n) is 3.71. The Morgan fingerprint density at radius 3 is 2.50 bits per heavy atom. The van der Waals surface area contributed by atoms with Crippen LogP contribution in [0.25, 0.3) is 0 Å². The van der Waals surface area contributed by atoms with Gasteiger partial charge in [0.05, 0.1) is 6.04 Å². The van der Waals surface area contributed by atoms with Crippen LogP contribution in [0.4, 0.5) is 4.79 Å². The molecule has 2 aliphatic heterocycles. The van der Waals surface area contributed by atoms with Crippen LogP contribution in [0.5, 0.6) is 0 Å². The Morgan fingerprint density at radius 2 is 1.92 bits per heavy atom. The summed E-state index contributed by atoms with van der Waals surface area (Å²) in [6.45, 7) is 7.87. The number of imide groups is 1. The van der Waals surface area contributed by atoms with E-state index in [1.54, 1.807) is 9.96 Å². The highest BCUT2D eigenvalue weighted by atomic mass is 16.7. The number of amides is 3. The summed E-state index contributed by atoms with van der Waals surface area (Å²) in [5, 5.41) is 7.01. The third kappa shape index (κ3) is 5.73. The summed E-state index contributed by atoms with van der Waals surface area (Å²) in [6, 6.07) is -0.411. The van der Waals surface area contributed by atoms with E-state index in [9.17, 15) is 14.4 Å². The second-order valence-electron chi connectivity index (χ2n) is 6.88. The molecule has 0 aromatic heterocycles. The maximum atomic E-state index is 12.0. The predicted octanol–water partition coefficient (Wildman–Crippen LogP) is -0.177. The molecule has 3 amide bonds. The van der Waals surface area contributed by atoms with Gasteiger partial charge in [-0.15, -0.1) is 0 Å². The van der Waals surface area contributed by atoms with Gasteiger partial charge < -0.3 is 9.64 Å². The molecule has 2 fully saturated rings. The Kier molecular flexibility index (Phi) is 6.14. The second-order valence-corrected chi connectivity index (χ2v) is 6.88. The lowest BCUT2D eigenvalue weighted by molar-refractivity contribution is -0.183. The Balaban J connectivity index is 1.64. The van der Waals surface area contributed by atoms with E-state index in [0.717, 1.165) is 0 Å². The summed E-state index contributed by atoms with van der Waals surface area (Å²) in [4.78, 5) is 41.9. The molecule has 2 rings (SSSR count). The molecule has 2 N–H and O–H groups in total. The molecular formula is C15H26N4O5. The van der Waals surface area contributed by atoms with Crippen LogP contribution in [0, 0.1) is 0 Å². The summed E-state index contributed by atoms with van der Waals surface area (Å²) in [5.74, 6) is -0.554. The zero-order chi connectivity index (χ0) is 17.7. The van der Waals surface area contributed by atoms with Gasteiger partial charge in [-0.3, -0.25) is 25.1 Å². The fourth-order valence-corrected chi connectivity index (χ4v) is 2.44. The molecule has 2 saturated heterocycles. The maximum Gasteiger partial charge on any atom is 0.410 e. The third-order valence-corrected chi connectivity index (χ3v) is 3.71. The number of hydrogen-bond donors (Lipinski definition) is 2. The van der Waals surface area contributed by atoms with Crippen molar-refractivity contribution < 1.29 is 24.0 Å². The first-order chi connectivity index (χ1) is 11.2. The lowest BCUT2D eigenvalue weighted by Crippen LogP contribution is -2.53. The molecule has 24 heavy (non-hydrogen) atoms. The molecule has 0 bridgehead atoms. The number of carbonyl (C=O) groups is 3. The highest BCUT2D eigenvalue weighted by Crippen LogP contribution is 2.12. The lowest BCUT2D eigenvalue weighted by Gasteiger charge is -2.35. The van der Waals surface area contributed by atoms with Crippen molar-refractivity contribution in [2.75, 3.05) is 32.9 Å². The fourth-order valence-electron chi connectivity index (χ4n) is 2.44. The van der Waals surface area contributed by atoms with Crippen LogP contribution in [-0.2, 0) is 19.2 Å². The van der Waals surface area contributed by atoms with Crippen LogP contribution >= 0.6 is 0 Å². The molecule has 0 aromatic carbocycles. The van der Waals surface area contributed by atoms with E-state index < -0.39 is 11.6 Å². The molecule has 136 valence electrons. The number of piperidine rings is 1. The number of carbonyl (C=O) groups excluding carboxylic acids is 3. The molecule has 0 aliphatic carbocycles. The van der Waals surface area contributed by atoms with Crippen LogP contribution in [0.2, 0.25) is 0 Å². The molecule has 0 spiro atoms. The van der Waals surface area contributed by atoms with Gasteiger partial charge in [-0.05, 0) is 27.2 Å². The fraction of sp³-hybridized carbons (Fsp3) is 0.800. The standard InChI is InChI=1S/C15H26N4O5/c1-15(2,3)24-14(22)18-6-8-19(9-7-18)23-10-16-11-4-5-12(20)17-13(11)21/h11,16H,4-10H2,1-3H3,(H,17,20,21)/t11-/m0/s1. The molecule has 2 heterocycles. The van der Waals surface area contributed by atoms with E-state index >= 15 is 0 Å². The number of nitrogens with one attached hydrogen (secondary N) is 2. The van der Waals surface area contributed by atoms with E-state index in [0.29, 0.717) is 39.0 Å². The minimum Gasteiger partial charge on any atom is -0.444 e. The average molecular weight is 342 g/mol. The zero-order valence-corrected chi connectivity index (χ0v) is 14.5. The van der Waals surface area contributed by atoms with E-state index in [-0.39, 0.29) is 24.6 Å². The van der Waals surface area contributed by atoms with Gasteiger partial charge in [0.1, 0.15) is 12.3 Å². The first-order valence-corrected chi connectivity index (χ1v) is 8.17. The second kappa shape index (κ2) is 7.91. The summed E-state index contributed by atoms with van der Waals surface area (Å²) >= 11 is 0. The Morgan fingerprint density at radius 1 is 1.25 bits per heavy atom. The van der Waals surface area contributed by atoms with Gasteiger partial charge in [0.25, 0.3) is 0 Å². The Hall–Kier alpha value is -1.71. The van der Waals surface area contributed by atoms with E-state index in [2.05, 4.69) is 10.6 Å². The van der Waals surface area contributed by atoms with Crippen LogP contribution in [0.1, 0.15) is 33.6 Å². The van der Waals surface area contributed by atoms with E-state index in [1.165, 1.54) is 0 Å². The van der Waals surface area contributed by atoms with Gasteiger partial charge in [0.15, 0.2) is 0 Å². The van der Waals surface area contributed by atoms with E-state index in [4.69, 9.17) is 9.57 Å². The minimum absolute atomic E-state index is 0.179. The van der Waals surface area contributed by atoms with Crippen molar-refractivity contribution in [2.24, 2.45) is 0 Å². The molecule has 9 nitrogen and oxygen atoms in total. The van der Waals surface area contributed by atoms with Crippen molar-refractivity contribution in [1.82, 2.24) is 20.6 Å². The number of ether oxygens (including phenoxy) is 1. The SMILES string of the molecule is CC(C)(C)OC(=O)N1CCN(OCN[C@H]2CCC(=O)NC2=O)CC1. The molecule has 9 heteroatoms. The molecular weight excluding hydrogens is 316 g/mol. The molecule has 2 aliphatic rings. The van der Waals surface area contributed by atoms with Gasteiger partial charge >= 0.3 is 6.09 Å². The number of hydroxylamine groups is 2. The van der Waals surface area contributed by atoms with Crippen molar-refractivity contribution in [3.8, 4) is 0 Å². The van der Waals surface area contributed by atoms with Crippen LogP contribution in [0.3, 0.4) is 0 Å². The number of piperazine rings is 1. The smallest absolute Gasteiger partial charge is 0.410 e. The monoisotopic (exact) mass is 342 g/mol. The van der Waals surface area contributed by atoms with Crippen molar-refractivity contribution >= 4 is 17.9 Å². The van der Waals surface area contributed by atoms with Crippen LogP contribution in [0.15, 0.2) is 0 Å². The summed E-state index contributed by atoms with van der Waals surface area (Å²) in [7, 11) is 0. The van der Waals surface area contributed by atoms with Gasteiger partial charge in [0.2, 0.25) is 11.8 Å². The molecule has 1 atom stereocenters. The lowest BCUT2D eigenvalue weighted by atomic mass is 10.1. The summed E-state index contributed by atoms with van der Waals surface area (Å²) in [6.07, 6.45) is 0.488. The average Bonchev–Trinajstić information content (AvgIpc) is 2.48. The summed E-state index contributed by atoms with van der Waals surface area (Å²) in [5.41, 5.74) is -0.503. The minimum atomic E-state index is -0.503. The molecule has 0 radical (unpaired) electrons. The predicted molar refractivity (Wildman–Crippen MR) is 84.6 cm³/mol. The zero-order valence-electron chi connectivity index (χ0n) is 14.5. The van der Waals surface area contributed by atoms with Crippen molar-refractivity contribution in [3.05, 3.63) is 0 Å². The molecule has 0 aromatic rings. The highest BCUT2D eigenvalue weighted by Gasteiger charge is 2.28. The first-order valence-electron chi connectivity index (χ1n) is 8.17. The van der Waals surface area contributed by atoms with E-state index in [1.807, 2.05) is 20.8 Å². The van der Waals surface area contributed by atoms with Gasteiger partial charge in [-0.1, -0.05) is 0 Å². The Bertz CT molecular complexity index is 483. The molecule has 0 unspecified atom stereocenters. The van der Waals surface area contributed by atoms with Crippen molar-refractivity contribution in [3.63, 3.8) is 0 Å². The first kappa shape index (κ1) is 18.6. The normalized spacial score (nSPS) is 23.1. The largest absolute Gasteiger partial charge is 0.444 e. The molecule has 0 saturated carbocycles. The van der Waals surface area contributed by atoms with Crippen LogP contribution in [-0.4, -0.2) is 72.4 Å². The highest BCUT2D eigenvalue weighted by molar-refractivity contribution is 6.00. The van der Waals surface area contributed by atoms with Gasteiger partial charge in [-0.25, -0.2) is 4.79 Å². The van der Waals surface area contributed by atoms with Gasteiger partial charge in [-0.2, -0.15) is 5.06 Å². The maximum absolute atomic E-state index is 12.0. The Labute approximate surface area is 141 Å². The number of rotatable bonds is 4.